The van der Waals surface area contributed by atoms with E-state index in [9.17, 15) is 0 Å². The van der Waals surface area contributed by atoms with Gasteiger partial charge in [0.2, 0.25) is 0 Å². The summed E-state index contributed by atoms with van der Waals surface area (Å²) in [5.74, 6) is 0. The van der Waals surface area contributed by atoms with Crippen LogP contribution in [0.5, 0.6) is 0 Å². The number of anilines is 9. The molecule has 0 saturated carbocycles. The van der Waals surface area contributed by atoms with Crippen molar-refractivity contribution >= 4 is 105 Å². The van der Waals surface area contributed by atoms with Gasteiger partial charge in [-0.2, -0.15) is 0 Å². The van der Waals surface area contributed by atoms with Gasteiger partial charge in [0.05, 0.1) is 0 Å². The number of fused-ring (bicyclic) bond motifs is 8. The zero-order chi connectivity index (χ0) is 42.4. The summed E-state index contributed by atoms with van der Waals surface area (Å²) in [6.45, 7) is 0. The molecule has 0 aliphatic carbocycles. The van der Waals surface area contributed by atoms with Crippen LogP contribution in [0.3, 0.4) is 0 Å². The second-order valence-corrected chi connectivity index (χ2v) is 16.2. The lowest BCUT2D eigenvalue weighted by molar-refractivity contribution is 0.669. The van der Waals surface area contributed by atoms with Crippen molar-refractivity contribution < 1.29 is 4.42 Å². The van der Waals surface area contributed by atoms with E-state index < -0.39 is 0 Å². The molecule has 0 aliphatic rings. The first-order chi connectivity index (χ1) is 31.7. The molecule has 64 heavy (non-hydrogen) atoms. The van der Waals surface area contributed by atoms with Crippen LogP contribution in [0.4, 0.5) is 51.2 Å². The third-order valence-corrected chi connectivity index (χ3v) is 12.3. The average Bonchev–Trinajstić information content (AvgIpc) is 3.74. The monoisotopic (exact) mass is 819 g/mol. The highest BCUT2D eigenvalue weighted by molar-refractivity contribution is 6.18. The van der Waals surface area contributed by atoms with E-state index in [1.807, 2.05) is 12.1 Å². The third-order valence-electron chi connectivity index (χ3n) is 12.3. The molecule has 0 unspecified atom stereocenters. The molecule has 0 amide bonds. The highest BCUT2D eigenvalue weighted by Gasteiger charge is 2.20. The minimum absolute atomic E-state index is 0.886. The van der Waals surface area contributed by atoms with Crippen molar-refractivity contribution in [1.29, 1.82) is 0 Å². The van der Waals surface area contributed by atoms with E-state index in [1.54, 1.807) is 0 Å². The lowest BCUT2D eigenvalue weighted by atomic mass is 9.96. The van der Waals surface area contributed by atoms with Crippen molar-refractivity contribution in [1.82, 2.24) is 0 Å². The molecule has 0 aliphatic heterocycles. The highest BCUT2D eigenvalue weighted by Crippen LogP contribution is 2.44. The molecule has 12 aromatic rings. The Bertz CT molecular complexity index is 3590. The van der Waals surface area contributed by atoms with Gasteiger partial charge in [0.1, 0.15) is 11.2 Å². The predicted molar refractivity (Wildman–Crippen MR) is 270 cm³/mol. The SMILES string of the molecule is c1ccc(N(c2ccccc2)c2cccc(N(c3ccccc3)c3ccc4ccc5c6ccc(N(c7ccccc7)c7ccc8oc9ccccc9c8c7)cc6ccc5c4c3)c2)cc1. The van der Waals surface area contributed by atoms with Crippen LogP contribution in [0.1, 0.15) is 0 Å². The fourth-order valence-electron chi connectivity index (χ4n) is 9.40. The Kier molecular flexibility index (Phi) is 9.12. The summed E-state index contributed by atoms with van der Waals surface area (Å²) >= 11 is 0. The molecule has 0 N–H and O–H groups in total. The maximum atomic E-state index is 6.21. The van der Waals surface area contributed by atoms with E-state index >= 15 is 0 Å². The molecule has 1 heterocycles. The van der Waals surface area contributed by atoms with Gasteiger partial charge in [-0.05, 0) is 148 Å². The summed E-state index contributed by atoms with van der Waals surface area (Å²) < 4.78 is 6.21. The van der Waals surface area contributed by atoms with Crippen LogP contribution in [0.25, 0.3) is 54.3 Å². The Morgan fingerprint density at radius 1 is 0.203 bits per heavy atom. The molecular formula is C60H41N3O. The van der Waals surface area contributed by atoms with Crippen molar-refractivity contribution in [3.05, 3.63) is 249 Å². The molecule has 0 bridgehead atoms. The zero-order valence-electron chi connectivity index (χ0n) is 34.9. The summed E-state index contributed by atoms with van der Waals surface area (Å²) in [5.41, 5.74) is 11.6. The molecule has 11 aromatic carbocycles. The molecule has 0 saturated heterocycles. The molecule has 0 spiro atoms. The fourth-order valence-corrected chi connectivity index (χ4v) is 9.40. The molecular weight excluding hydrogens is 779 g/mol. The summed E-state index contributed by atoms with van der Waals surface area (Å²) in [7, 11) is 0. The summed E-state index contributed by atoms with van der Waals surface area (Å²) in [6, 6.07) is 88.9. The topological polar surface area (TPSA) is 22.9 Å². The van der Waals surface area contributed by atoms with Crippen LogP contribution in [0, 0.1) is 0 Å². The number of nitrogens with zero attached hydrogens (tertiary/aromatic N) is 3. The van der Waals surface area contributed by atoms with E-state index in [0.29, 0.717) is 0 Å². The Balaban J connectivity index is 0.971. The van der Waals surface area contributed by atoms with Gasteiger partial charge in [-0.3, -0.25) is 0 Å². The highest BCUT2D eigenvalue weighted by atomic mass is 16.3. The first-order valence-corrected chi connectivity index (χ1v) is 21.7. The predicted octanol–water partition coefficient (Wildman–Crippen LogP) is 17.5. The molecule has 0 radical (unpaired) electrons. The van der Waals surface area contributed by atoms with E-state index in [-0.39, 0.29) is 0 Å². The number of benzene rings is 11. The largest absolute Gasteiger partial charge is 0.456 e. The second-order valence-electron chi connectivity index (χ2n) is 16.2. The summed E-state index contributed by atoms with van der Waals surface area (Å²) in [5, 5.41) is 9.47. The average molecular weight is 820 g/mol. The smallest absolute Gasteiger partial charge is 0.135 e. The lowest BCUT2D eigenvalue weighted by Crippen LogP contribution is -2.13. The number of hydrogen-bond acceptors (Lipinski definition) is 4. The Labute approximate surface area is 371 Å². The minimum atomic E-state index is 0.886. The van der Waals surface area contributed by atoms with E-state index in [2.05, 4.69) is 251 Å². The van der Waals surface area contributed by atoms with Gasteiger partial charge < -0.3 is 19.1 Å². The van der Waals surface area contributed by atoms with Gasteiger partial charge >= 0.3 is 0 Å². The third kappa shape index (κ3) is 6.57. The maximum Gasteiger partial charge on any atom is 0.135 e. The van der Waals surface area contributed by atoms with Crippen LogP contribution in [0.15, 0.2) is 253 Å². The van der Waals surface area contributed by atoms with Crippen molar-refractivity contribution in [3.63, 3.8) is 0 Å². The standard InChI is InChI=1S/C60H41N3O/c1-5-16-44(17-6-1)61(45-18-7-2-8-19-45)48-24-15-25-49(39-48)62(46-20-9-3-10-21-46)51-31-28-42-29-34-54-53-36-32-50(38-43(53)30-35-55(54)57(42)40-51)63(47-22-11-4-12-23-47)52-33-37-60-58(41-52)56-26-13-14-27-59(56)64-60/h1-41H. The van der Waals surface area contributed by atoms with Gasteiger partial charge in [-0.15, -0.1) is 0 Å². The lowest BCUT2D eigenvalue weighted by Gasteiger charge is -2.29. The molecule has 302 valence electrons. The van der Waals surface area contributed by atoms with Crippen LogP contribution >= 0.6 is 0 Å². The fraction of sp³-hybridized carbons (Fsp3) is 0. The molecule has 1 aromatic heterocycles. The van der Waals surface area contributed by atoms with Crippen LogP contribution in [-0.2, 0) is 0 Å². The molecule has 12 rings (SSSR count). The Morgan fingerprint density at radius 2 is 0.594 bits per heavy atom. The van der Waals surface area contributed by atoms with Gasteiger partial charge in [0.25, 0.3) is 0 Å². The van der Waals surface area contributed by atoms with Crippen molar-refractivity contribution in [2.75, 3.05) is 14.7 Å². The number of rotatable bonds is 9. The summed E-state index contributed by atoms with van der Waals surface area (Å²) in [6.07, 6.45) is 0. The van der Waals surface area contributed by atoms with Gasteiger partial charge in [0, 0.05) is 62.0 Å². The van der Waals surface area contributed by atoms with Crippen molar-refractivity contribution in [3.8, 4) is 0 Å². The first kappa shape index (κ1) is 37.2. The van der Waals surface area contributed by atoms with Gasteiger partial charge in [-0.25, -0.2) is 0 Å². The van der Waals surface area contributed by atoms with E-state index in [0.717, 1.165) is 73.1 Å². The maximum absolute atomic E-state index is 6.21. The number of hydrogen-bond donors (Lipinski definition) is 0. The normalized spacial score (nSPS) is 11.4. The quantitative estimate of drug-likeness (QED) is 0.135. The van der Waals surface area contributed by atoms with Gasteiger partial charge in [0.15, 0.2) is 0 Å². The molecule has 4 heteroatoms. The van der Waals surface area contributed by atoms with Crippen molar-refractivity contribution in [2.24, 2.45) is 0 Å². The zero-order valence-corrected chi connectivity index (χ0v) is 34.9. The summed E-state index contributed by atoms with van der Waals surface area (Å²) in [4.78, 5) is 7.02. The van der Waals surface area contributed by atoms with Gasteiger partial charge in [-0.1, -0.05) is 133 Å². The van der Waals surface area contributed by atoms with Crippen LogP contribution in [-0.4, -0.2) is 0 Å². The molecule has 0 fully saturated rings. The van der Waals surface area contributed by atoms with E-state index in [1.165, 1.54) is 32.3 Å². The second kappa shape index (κ2) is 15.7. The molecule has 0 atom stereocenters. The first-order valence-electron chi connectivity index (χ1n) is 21.7. The van der Waals surface area contributed by atoms with Crippen LogP contribution in [0.2, 0.25) is 0 Å². The Morgan fingerprint density at radius 3 is 1.20 bits per heavy atom. The Hall–Kier alpha value is -8.60. The van der Waals surface area contributed by atoms with E-state index in [4.69, 9.17) is 4.42 Å². The number of furan rings is 1. The molecule has 4 nitrogen and oxygen atoms in total. The number of para-hydroxylation sites is 5. The minimum Gasteiger partial charge on any atom is -0.456 e. The van der Waals surface area contributed by atoms with Crippen molar-refractivity contribution in [2.45, 2.75) is 0 Å². The van der Waals surface area contributed by atoms with Crippen LogP contribution < -0.4 is 14.7 Å².